The van der Waals surface area contributed by atoms with E-state index in [2.05, 4.69) is 10.3 Å². The van der Waals surface area contributed by atoms with Crippen molar-refractivity contribution in [2.75, 3.05) is 5.32 Å². The zero-order valence-corrected chi connectivity index (χ0v) is 15.4. The summed E-state index contributed by atoms with van der Waals surface area (Å²) in [4.78, 5) is 18.0. The van der Waals surface area contributed by atoms with E-state index in [0.717, 1.165) is 28.4 Å². The van der Waals surface area contributed by atoms with Crippen LogP contribution in [0.3, 0.4) is 0 Å². The highest BCUT2D eigenvalue weighted by Crippen LogP contribution is 2.27. The lowest BCUT2D eigenvalue weighted by molar-refractivity contribution is 0.102. The van der Waals surface area contributed by atoms with Crippen LogP contribution in [0, 0.1) is 11.6 Å². The van der Waals surface area contributed by atoms with Gasteiger partial charge >= 0.3 is 0 Å². The van der Waals surface area contributed by atoms with Crippen LogP contribution in [0.25, 0.3) is 5.65 Å². The average Bonchev–Trinajstić information content (AvgIpc) is 3.12. The maximum absolute atomic E-state index is 13.4. The molecule has 4 rings (SSSR count). The van der Waals surface area contributed by atoms with Crippen LogP contribution in [0.2, 0.25) is 0 Å². The van der Waals surface area contributed by atoms with E-state index >= 15 is 0 Å². The molecule has 0 unspecified atom stereocenters. The fraction of sp³-hybridized carbons (Fsp3) is 0.0476. The Balaban J connectivity index is 1.51. The molecule has 140 valence electrons. The molecule has 1 amide bonds. The van der Waals surface area contributed by atoms with Gasteiger partial charge in [0.05, 0.1) is 11.3 Å². The van der Waals surface area contributed by atoms with Gasteiger partial charge in [-0.15, -0.1) is 11.8 Å². The lowest BCUT2D eigenvalue weighted by Crippen LogP contribution is -2.13. The van der Waals surface area contributed by atoms with Crippen molar-refractivity contribution in [3.63, 3.8) is 0 Å². The second-order valence-electron chi connectivity index (χ2n) is 6.07. The summed E-state index contributed by atoms with van der Waals surface area (Å²) in [5.74, 6) is -1.75. The van der Waals surface area contributed by atoms with Gasteiger partial charge in [0.1, 0.15) is 5.65 Å². The van der Waals surface area contributed by atoms with Crippen LogP contribution >= 0.6 is 11.8 Å². The predicted molar refractivity (Wildman–Crippen MR) is 106 cm³/mol. The van der Waals surface area contributed by atoms with Gasteiger partial charge in [-0.25, -0.2) is 13.8 Å². The molecule has 0 saturated carbocycles. The second-order valence-corrected chi connectivity index (χ2v) is 7.08. The van der Waals surface area contributed by atoms with Crippen LogP contribution in [0.5, 0.6) is 0 Å². The first-order valence-electron chi connectivity index (χ1n) is 8.51. The van der Waals surface area contributed by atoms with E-state index in [-0.39, 0.29) is 11.6 Å². The molecule has 2 aromatic heterocycles. The van der Waals surface area contributed by atoms with Gasteiger partial charge in [-0.05, 0) is 36.4 Å². The minimum Gasteiger partial charge on any atom is -0.322 e. The normalized spacial score (nSPS) is 10.9. The molecule has 4 aromatic rings. The van der Waals surface area contributed by atoms with E-state index in [9.17, 15) is 13.6 Å². The zero-order chi connectivity index (χ0) is 19.5. The van der Waals surface area contributed by atoms with Gasteiger partial charge in [0.2, 0.25) is 0 Å². The Labute approximate surface area is 164 Å². The number of rotatable bonds is 5. The summed E-state index contributed by atoms with van der Waals surface area (Å²) in [5, 5.41) is 2.61. The number of anilines is 1. The second kappa shape index (κ2) is 7.82. The number of amides is 1. The molecule has 0 bridgehead atoms. The monoisotopic (exact) mass is 395 g/mol. The summed E-state index contributed by atoms with van der Waals surface area (Å²) in [5.41, 5.74) is 2.42. The first-order chi connectivity index (χ1) is 13.6. The van der Waals surface area contributed by atoms with Crippen LogP contribution in [0.4, 0.5) is 14.5 Å². The van der Waals surface area contributed by atoms with E-state index in [1.807, 2.05) is 47.1 Å². The van der Waals surface area contributed by atoms with Crippen molar-refractivity contribution in [2.24, 2.45) is 0 Å². The topological polar surface area (TPSA) is 46.4 Å². The molecule has 2 heterocycles. The number of thioether (sulfide) groups is 1. The summed E-state index contributed by atoms with van der Waals surface area (Å²) in [6, 6.07) is 16.2. The van der Waals surface area contributed by atoms with Gasteiger partial charge in [-0.3, -0.25) is 4.79 Å². The third-order valence-electron chi connectivity index (χ3n) is 4.10. The molecule has 0 saturated heterocycles. The van der Waals surface area contributed by atoms with Gasteiger partial charge in [0.15, 0.2) is 11.6 Å². The fourth-order valence-electron chi connectivity index (χ4n) is 2.76. The van der Waals surface area contributed by atoms with Gasteiger partial charge in [0, 0.05) is 34.8 Å². The van der Waals surface area contributed by atoms with Crippen LogP contribution in [0.15, 0.2) is 78.0 Å². The van der Waals surface area contributed by atoms with E-state index in [1.165, 1.54) is 17.8 Å². The number of imidazole rings is 1. The number of carbonyl (C=O) groups is 1. The first kappa shape index (κ1) is 18.2. The standard InChI is InChI=1S/C21H15F2N3OS/c22-17-9-8-14(11-18(17)23)25-21(27)16-5-1-2-6-19(16)28-13-15-12-26-10-4-3-7-20(26)24-15/h1-12H,13H2,(H,25,27). The molecule has 28 heavy (non-hydrogen) atoms. The minimum absolute atomic E-state index is 0.198. The van der Waals surface area contributed by atoms with Crippen molar-refractivity contribution >= 4 is 29.0 Å². The van der Waals surface area contributed by atoms with E-state index in [4.69, 9.17) is 0 Å². The highest BCUT2D eigenvalue weighted by Gasteiger charge is 2.13. The number of fused-ring (bicyclic) bond motifs is 1. The number of benzene rings is 2. The lowest BCUT2D eigenvalue weighted by atomic mass is 10.2. The number of halogens is 2. The molecule has 0 spiro atoms. The van der Waals surface area contributed by atoms with Gasteiger partial charge < -0.3 is 9.72 Å². The zero-order valence-electron chi connectivity index (χ0n) is 14.6. The van der Waals surface area contributed by atoms with Gasteiger partial charge in [-0.1, -0.05) is 18.2 Å². The van der Waals surface area contributed by atoms with Crippen molar-refractivity contribution in [1.29, 1.82) is 0 Å². The molecular weight excluding hydrogens is 380 g/mol. The first-order valence-corrected chi connectivity index (χ1v) is 9.49. The summed E-state index contributed by atoms with van der Waals surface area (Å²) in [7, 11) is 0. The maximum Gasteiger partial charge on any atom is 0.256 e. The third-order valence-corrected chi connectivity index (χ3v) is 5.21. The minimum atomic E-state index is -1.01. The largest absolute Gasteiger partial charge is 0.322 e. The van der Waals surface area contributed by atoms with Crippen molar-refractivity contribution in [3.05, 3.63) is 95.9 Å². The Morgan fingerprint density at radius 1 is 1.04 bits per heavy atom. The Kier molecular flexibility index (Phi) is 5.08. The molecule has 0 atom stereocenters. The summed E-state index contributed by atoms with van der Waals surface area (Å²) < 4.78 is 28.4. The third kappa shape index (κ3) is 3.89. The lowest BCUT2D eigenvalue weighted by Gasteiger charge is -2.10. The maximum atomic E-state index is 13.4. The van der Waals surface area contributed by atoms with Crippen LogP contribution in [-0.4, -0.2) is 15.3 Å². The smallest absolute Gasteiger partial charge is 0.256 e. The molecule has 0 fully saturated rings. The number of nitrogens with one attached hydrogen (secondary N) is 1. The number of hydrogen-bond acceptors (Lipinski definition) is 3. The fourth-order valence-corrected chi connectivity index (χ4v) is 3.69. The summed E-state index contributed by atoms with van der Waals surface area (Å²) in [6.45, 7) is 0. The van der Waals surface area contributed by atoms with Crippen molar-refractivity contribution in [3.8, 4) is 0 Å². The Morgan fingerprint density at radius 3 is 2.68 bits per heavy atom. The molecule has 1 N–H and O–H groups in total. The molecule has 0 aliphatic rings. The van der Waals surface area contributed by atoms with Crippen molar-refractivity contribution in [2.45, 2.75) is 10.6 Å². The van der Waals surface area contributed by atoms with Crippen LogP contribution in [-0.2, 0) is 5.75 Å². The molecule has 0 aliphatic heterocycles. The number of carbonyl (C=O) groups excluding carboxylic acids is 1. The molecule has 4 nitrogen and oxygen atoms in total. The predicted octanol–water partition coefficient (Wildman–Crippen LogP) is 5.16. The van der Waals surface area contributed by atoms with Gasteiger partial charge in [0.25, 0.3) is 5.91 Å². The number of nitrogens with zero attached hydrogens (tertiary/aromatic N) is 2. The van der Waals surface area contributed by atoms with E-state index in [1.54, 1.807) is 12.1 Å². The highest BCUT2D eigenvalue weighted by molar-refractivity contribution is 7.98. The molecule has 2 aromatic carbocycles. The average molecular weight is 395 g/mol. The number of hydrogen-bond donors (Lipinski definition) is 1. The Hall–Kier alpha value is -3.19. The van der Waals surface area contributed by atoms with Crippen LogP contribution in [0.1, 0.15) is 16.1 Å². The summed E-state index contributed by atoms with van der Waals surface area (Å²) in [6.07, 6.45) is 3.88. The van der Waals surface area contributed by atoms with Gasteiger partial charge in [-0.2, -0.15) is 0 Å². The molecule has 7 heteroatoms. The molecule has 0 radical (unpaired) electrons. The van der Waals surface area contributed by atoms with Crippen LogP contribution < -0.4 is 5.32 Å². The Morgan fingerprint density at radius 2 is 1.86 bits per heavy atom. The SMILES string of the molecule is O=C(Nc1ccc(F)c(F)c1)c1ccccc1SCc1cn2ccccc2n1. The van der Waals surface area contributed by atoms with E-state index in [0.29, 0.717) is 11.3 Å². The van der Waals surface area contributed by atoms with Crippen molar-refractivity contribution < 1.29 is 13.6 Å². The van der Waals surface area contributed by atoms with Crippen molar-refractivity contribution in [1.82, 2.24) is 9.38 Å². The summed E-state index contributed by atoms with van der Waals surface area (Å²) >= 11 is 1.49. The Bertz CT molecular complexity index is 1130. The highest BCUT2D eigenvalue weighted by atomic mass is 32.2. The quantitative estimate of drug-likeness (QED) is 0.475. The van der Waals surface area contributed by atoms with E-state index < -0.39 is 11.6 Å². The number of pyridine rings is 1. The molecular formula is C21H15F2N3OS. The number of aromatic nitrogens is 2. The molecule has 0 aliphatic carbocycles.